The first kappa shape index (κ1) is 16.9. The van der Waals surface area contributed by atoms with E-state index in [9.17, 15) is 16.8 Å². The highest BCUT2D eigenvalue weighted by molar-refractivity contribution is 7.89. The van der Waals surface area contributed by atoms with Crippen LogP contribution in [0.1, 0.15) is 32.1 Å². The number of rotatable bonds is 6. The van der Waals surface area contributed by atoms with E-state index in [0.717, 1.165) is 32.1 Å². The summed E-state index contributed by atoms with van der Waals surface area (Å²) in [5, 5.41) is 0. The molecule has 2 fully saturated rings. The van der Waals surface area contributed by atoms with E-state index in [1.54, 1.807) is 0 Å². The molecule has 0 aromatic heterocycles. The minimum Gasteiger partial charge on any atom is -0.211 e. The summed E-state index contributed by atoms with van der Waals surface area (Å²) in [6.45, 7) is 1.52. The fourth-order valence-corrected chi connectivity index (χ4v) is 5.31. The van der Waals surface area contributed by atoms with Crippen LogP contribution >= 0.6 is 0 Å². The van der Waals surface area contributed by atoms with Crippen LogP contribution in [0.2, 0.25) is 0 Å². The van der Waals surface area contributed by atoms with Crippen molar-refractivity contribution in [3.05, 3.63) is 24.3 Å². The topological polar surface area (TPSA) is 83.5 Å². The molecule has 0 unspecified atom stereocenters. The van der Waals surface area contributed by atoms with Crippen molar-refractivity contribution in [1.82, 2.24) is 9.03 Å². The maximum Gasteiger partial charge on any atom is 0.243 e. The Bertz CT molecular complexity index is 747. The van der Waals surface area contributed by atoms with E-state index in [4.69, 9.17) is 0 Å². The van der Waals surface area contributed by atoms with Crippen molar-refractivity contribution < 1.29 is 16.8 Å². The Kier molecular flexibility index (Phi) is 4.78. The van der Waals surface area contributed by atoms with Gasteiger partial charge in [-0.15, -0.1) is 0 Å². The quantitative estimate of drug-likeness (QED) is 0.836. The number of nitrogens with one attached hydrogen (secondary N) is 1. The Morgan fingerprint density at radius 1 is 0.913 bits per heavy atom. The summed E-state index contributed by atoms with van der Waals surface area (Å²) in [4.78, 5) is 0.260. The van der Waals surface area contributed by atoms with Gasteiger partial charge >= 0.3 is 0 Å². The SMILES string of the molecule is O=S(=O)(NCC1CC1)c1ccc(S(=O)(=O)N2CCCCC2)cc1. The highest BCUT2D eigenvalue weighted by atomic mass is 32.2. The lowest BCUT2D eigenvalue weighted by Gasteiger charge is -2.25. The molecule has 8 heteroatoms. The second-order valence-electron chi connectivity index (χ2n) is 6.23. The number of hydrogen-bond donors (Lipinski definition) is 1. The van der Waals surface area contributed by atoms with E-state index < -0.39 is 20.0 Å². The molecule has 1 saturated carbocycles. The molecule has 1 N–H and O–H groups in total. The monoisotopic (exact) mass is 358 g/mol. The predicted molar refractivity (Wildman–Crippen MR) is 87.0 cm³/mol. The van der Waals surface area contributed by atoms with Gasteiger partial charge in [0.1, 0.15) is 0 Å². The van der Waals surface area contributed by atoms with Crippen LogP contribution in [-0.4, -0.2) is 40.8 Å². The van der Waals surface area contributed by atoms with E-state index in [2.05, 4.69) is 4.72 Å². The van der Waals surface area contributed by atoms with Gasteiger partial charge in [-0.2, -0.15) is 4.31 Å². The fourth-order valence-electron chi connectivity index (χ4n) is 2.68. The van der Waals surface area contributed by atoms with E-state index >= 15 is 0 Å². The number of hydrogen-bond acceptors (Lipinski definition) is 4. The molecule has 128 valence electrons. The van der Waals surface area contributed by atoms with Crippen LogP contribution in [0.3, 0.4) is 0 Å². The zero-order chi connectivity index (χ0) is 16.5. The molecule has 3 rings (SSSR count). The average molecular weight is 358 g/mol. The minimum atomic E-state index is -3.56. The van der Waals surface area contributed by atoms with Crippen LogP contribution in [-0.2, 0) is 20.0 Å². The standard InChI is InChI=1S/C15H22N2O4S2/c18-22(19,16-12-13-4-5-13)14-6-8-15(9-7-14)23(20,21)17-10-2-1-3-11-17/h6-9,13,16H,1-5,10-12H2. The number of sulfonamides is 2. The number of piperidine rings is 1. The fraction of sp³-hybridized carbons (Fsp3) is 0.600. The Hall–Kier alpha value is -0.960. The molecule has 6 nitrogen and oxygen atoms in total. The summed E-state index contributed by atoms with van der Waals surface area (Å²) >= 11 is 0. The van der Waals surface area contributed by atoms with Crippen LogP contribution < -0.4 is 4.72 Å². The first-order valence-electron chi connectivity index (χ1n) is 7.99. The Balaban J connectivity index is 1.75. The molecule has 1 aliphatic heterocycles. The third-order valence-electron chi connectivity index (χ3n) is 4.35. The zero-order valence-electron chi connectivity index (χ0n) is 12.9. The van der Waals surface area contributed by atoms with Crippen LogP contribution in [0.5, 0.6) is 0 Å². The van der Waals surface area contributed by atoms with E-state index in [1.807, 2.05) is 0 Å². The maximum absolute atomic E-state index is 12.5. The van der Waals surface area contributed by atoms with Gasteiger partial charge in [-0.25, -0.2) is 21.6 Å². The van der Waals surface area contributed by atoms with Crippen molar-refractivity contribution in [3.63, 3.8) is 0 Å². The lowest BCUT2D eigenvalue weighted by Crippen LogP contribution is -2.35. The van der Waals surface area contributed by atoms with E-state index in [-0.39, 0.29) is 9.79 Å². The molecule has 0 bridgehead atoms. The Morgan fingerprint density at radius 3 is 2.04 bits per heavy atom. The number of benzene rings is 1. The predicted octanol–water partition coefficient (Wildman–Crippen LogP) is 1.55. The van der Waals surface area contributed by atoms with Gasteiger partial charge in [-0.3, -0.25) is 0 Å². The summed E-state index contributed by atoms with van der Waals surface area (Å²) < 4.78 is 53.4. The van der Waals surface area contributed by atoms with E-state index in [1.165, 1.54) is 28.6 Å². The lowest BCUT2D eigenvalue weighted by molar-refractivity contribution is 0.346. The molecule has 1 saturated heterocycles. The normalized spacial score (nSPS) is 20.5. The molecular weight excluding hydrogens is 336 g/mol. The molecule has 0 atom stereocenters. The first-order chi connectivity index (χ1) is 10.9. The minimum absolute atomic E-state index is 0.107. The highest BCUT2D eigenvalue weighted by Gasteiger charge is 2.27. The third-order valence-corrected chi connectivity index (χ3v) is 7.70. The van der Waals surface area contributed by atoms with Crippen LogP contribution in [0.4, 0.5) is 0 Å². The maximum atomic E-state index is 12.5. The van der Waals surface area contributed by atoms with Crippen molar-refractivity contribution in [1.29, 1.82) is 0 Å². The van der Waals surface area contributed by atoms with Crippen molar-refractivity contribution in [2.75, 3.05) is 19.6 Å². The second kappa shape index (κ2) is 6.51. The van der Waals surface area contributed by atoms with Crippen molar-refractivity contribution in [3.8, 4) is 0 Å². The molecule has 0 amide bonds. The average Bonchev–Trinajstić information content (AvgIpc) is 3.38. The zero-order valence-corrected chi connectivity index (χ0v) is 14.6. The van der Waals surface area contributed by atoms with Gasteiger partial charge in [0.15, 0.2) is 0 Å². The smallest absolute Gasteiger partial charge is 0.211 e. The second-order valence-corrected chi connectivity index (χ2v) is 9.94. The van der Waals surface area contributed by atoms with Crippen LogP contribution in [0.15, 0.2) is 34.1 Å². The van der Waals surface area contributed by atoms with Gasteiger partial charge in [-0.05, 0) is 55.9 Å². The molecule has 23 heavy (non-hydrogen) atoms. The van der Waals surface area contributed by atoms with Gasteiger partial charge in [-0.1, -0.05) is 6.42 Å². The largest absolute Gasteiger partial charge is 0.243 e. The molecule has 1 heterocycles. The Labute approximate surface area is 138 Å². The molecular formula is C15H22N2O4S2. The van der Waals surface area contributed by atoms with Crippen molar-refractivity contribution in [2.24, 2.45) is 5.92 Å². The summed E-state index contributed by atoms with van der Waals surface area (Å²) in [5.41, 5.74) is 0. The third kappa shape index (κ3) is 3.93. The molecule has 1 aliphatic carbocycles. The van der Waals surface area contributed by atoms with Crippen molar-refractivity contribution in [2.45, 2.75) is 41.9 Å². The summed E-state index contributed by atoms with van der Waals surface area (Å²) in [5.74, 6) is 0.448. The summed E-state index contributed by atoms with van der Waals surface area (Å²) in [6.07, 6.45) is 4.93. The lowest BCUT2D eigenvalue weighted by atomic mass is 10.2. The molecule has 2 aliphatic rings. The van der Waals surface area contributed by atoms with Gasteiger partial charge < -0.3 is 0 Å². The Morgan fingerprint density at radius 2 is 1.48 bits per heavy atom. The highest BCUT2D eigenvalue weighted by Crippen LogP contribution is 2.28. The van der Waals surface area contributed by atoms with Crippen LogP contribution in [0.25, 0.3) is 0 Å². The molecule has 1 aromatic rings. The van der Waals surface area contributed by atoms with Crippen molar-refractivity contribution >= 4 is 20.0 Å². The number of nitrogens with zero attached hydrogens (tertiary/aromatic N) is 1. The molecule has 1 aromatic carbocycles. The first-order valence-corrected chi connectivity index (χ1v) is 10.9. The van der Waals surface area contributed by atoms with Gasteiger partial charge in [0.2, 0.25) is 20.0 Å². The van der Waals surface area contributed by atoms with Gasteiger partial charge in [0, 0.05) is 19.6 Å². The van der Waals surface area contributed by atoms with Crippen LogP contribution in [0, 0.1) is 5.92 Å². The summed E-state index contributed by atoms with van der Waals surface area (Å²) in [7, 11) is -7.08. The van der Waals surface area contributed by atoms with Gasteiger partial charge in [0.05, 0.1) is 9.79 Å². The molecule has 0 spiro atoms. The van der Waals surface area contributed by atoms with Gasteiger partial charge in [0.25, 0.3) is 0 Å². The van der Waals surface area contributed by atoms with E-state index in [0.29, 0.717) is 25.6 Å². The molecule has 0 radical (unpaired) electrons. The summed E-state index contributed by atoms with van der Waals surface area (Å²) in [6, 6.07) is 5.50.